The van der Waals surface area contributed by atoms with Gasteiger partial charge in [-0.2, -0.15) is 0 Å². The van der Waals surface area contributed by atoms with Crippen molar-refractivity contribution in [3.05, 3.63) is 128 Å². The van der Waals surface area contributed by atoms with E-state index in [-0.39, 0.29) is 47.5 Å². The number of thioether (sulfide) groups is 1. The van der Waals surface area contributed by atoms with Gasteiger partial charge in [-0.25, -0.2) is 0 Å². The average Bonchev–Trinajstić information content (AvgIpc) is 3.78. The predicted octanol–water partition coefficient (Wildman–Crippen LogP) is 7.04. The number of anilines is 2. The number of amides is 3. The molecule has 2 bridgehead atoms. The van der Waals surface area contributed by atoms with Gasteiger partial charge in [0.05, 0.1) is 35.8 Å². The molecule has 0 aromatic heterocycles. The SMILES string of the molecule is C=CCN(C(=O)C1N([C@@H](CO)Cc2ccccc2)C(=O)[C@@H]2[C@@H](C(=O)N(CC=C)c3ccc(OCC)cc3)[C@@H]3SC12CC3Br)c1ccc2ccccc2c1. The van der Waals surface area contributed by atoms with E-state index in [0.717, 1.165) is 16.3 Å². The maximum atomic E-state index is 15.4. The summed E-state index contributed by atoms with van der Waals surface area (Å²) >= 11 is 5.51. The summed E-state index contributed by atoms with van der Waals surface area (Å²) in [6, 6.07) is 29.3. The lowest BCUT2D eigenvalue weighted by atomic mass is 9.70. The molecule has 10 heteroatoms. The molecule has 4 aromatic rings. The van der Waals surface area contributed by atoms with Gasteiger partial charge >= 0.3 is 0 Å². The molecule has 3 fully saturated rings. The summed E-state index contributed by atoms with van der Waals surface area (Å²) in [5.41, 5.74) is 2.30. The lowest BCUT2D eigenvalue weighted by molar-refractivity contribution is -0.141. The minimum absolute atomic E-state index is 0.123. The Morgan fingerprint density at radius 1 is 0.943 bits per heavy atom. The van der Waals surface area contributed by atoms with E-state index in [4.69, 9.17) is 4.74 Å². The van der Waals surface area contributed by atoms with Gasteiger partial charge in [-0.3, -0.25) is 14.4 Å². The first-order valence-electron chi connectivity index (χ1n) is 18.1. The van der Waals surface area contributed by atoms with Crippen LogP contribution < -0.4 is 14.5 Å². The molecule has 3 amide bonds. The van der Waals surface area contributed by atoms with E-state index in [2.05, 4.69) is 29.1 Å². The highest BCUT2D eigenvalue weighted by Gasteiger charge is 2.76. The summed E-state index contributed by atoms with van der Waals surface area (Å²) in [6.45, 7) is 10.5. The zero-order valence-electron chi connectivity index (χ0n) is 29.7. The Morgan fingerprint density at radius 3 is 2.25 bits per heavy atom. The number of benzene rings is 4. The molecular formula is C43H44BrN3O5S. The molecule has 0 radical (unpaired) electrons. The minimum Gasteiger partial charge on any atom is -0.494 e. The quantitative estimate of drug-likeness (QED) is 0.109. The molecule has 7 atom stereocenters. The first-order valence-corrected chi connectivity index (χ1v) is 19.9. The molecular weight excluding hydrogens is 750 g/mol. The van der Waals surface area contributed by atoms with Gasteiger partial charge < -0.3 is 24.5 Å². The molecule has 1 N–H and O–H groups in total. The van der Waals surface area contributed by atoms with Crippen LogP contribution in [0.25, 0.3) is 10.8 Å². The molecule has 53 heavy (non-hydrogen) atoms. The number of alkyl halides is 1. The van der Waals surface area contributed by atoms with Crippen LogP contribution in [0.5, 0.6) is 5.75 Å². The van der Waals surface area contributed by atoms with E-state index in [1.165, 1.54) is 0 Å². The Balaban J connectivity index is 1.33. The molecule has 3 unspecified atom stereocenters. The van der Waals surface area contributed by atoms with Crippen LogP contribution in [-0.2, 0) is 20.8 Å². The first-order chi connectivity index (χ1) is 25.8. The van der Waals surface area contributed by atoms with Crippen LogP contribution >= 0.6 is 27.7 Å². The molecule has 8 nitrogen and oxygen atoms in total. The van der Waals surface area contributed by atoms with Gasteiger partial charge in [-0.1, -0.05) is 88.7 Å². The number of aliphatic hydroxyl groups is 1. The number of aliphatic hydroxyl groups excluding tert-OH is 1. The maximum absolute atomic E-state index is 15.4. The monoisotopic (exact) mass is 793 g/mol. The normalized spacial score (nSPS) is 24.8. The van der Waals surface area contributed by atoms with E-state index in [1.807, 2.05) is 104 Å². The van der Waals surface area contributed by atoms with Crippen LogP contribution in [0.1, 0.15) is 18.9 Å². The Bertz CT molecular complexity index is 2010. The third-order valence-corrected chi connectivity index (χ3v) is 14.0. The van der Waals surface area contributed by atoms with Crippen molar-refractivity contribution in [1.82, 2.24) is 4.90 Å². The van der Waals surface area contributed by atoms with Crippen LogP contribution in [0.3, 0.4) is 0 Å². The number of halogens is 1. The van der Waals surface area contributed by atoms with Gasteiger partial charge in [0.1, 0.15) is 11.8 Å². The van der Waals surface area contributed by atoms with E-state index in [0.29, 0.717) is 36.6 Å². The second-order valence-electron chi connectivity index (χ2n) is 13.9. The number of nitrogens with zero attached hydrogens (tertiary/aromatic N) is 3. The topological polar surface area (TPSA) is 90.4 Å². The molecule has 1 spiro atoms. The molecule has 0 aliphatic carbocycles. The highest BCUT2D eigenvalue weighted by atomic mass is 79.9. The second-order valence-corrected chi connectivity index (χ2v) is 16.6. The van der Waals surface area contributed by atoms with Gasteiger partial charge in [-0.05, 0) is 72.5 Å². The van der Waals surface area contributed by atoms with Crippen molar-refractivity contribution in [2.75, 3.05) is 36.1 Å². The molecule has 4 aromatic carbocycles. The fraction of sp³-hybridized carbons (Fsp3) is 0.326. The molecule has 3 aliphatic heterocycles. The number of hydrogen-bond acceptors (Lipinski definition) is 6. The van der Waals surface area contributed by atoms with Gasteiger partial charge in [0.15, 0.2) is 0 Å². The lowest BCUT2D eigenvalue weighted by Gasteiger charge is -2.40. The van der Waals surface area contributed by atoms with Gasteiger partial charge in [-0.15, -0.1) is 24.9 Å². The largest absolute Gasteiger partial charge is 0.494 e. The van der Waals surface area contributed by atoms with E-state index < -0.39 is 28.7 Å². The molecule has 7 rings (SSSR count). The van der Waals surface area contributed by atoms with E-state index in [1.54, 1.807) is 38.6 Å². The number of carbonyl (C=O) groups is 3. The molecule has 274 valence electrons. The van der Waals surface area contributed by atoms with Crippen LogP contribution in [-0.4, -0.2) is 80.9 Å². The number of hydrogen-bond donors (Lipinski definition) is 1. The Morgan fingerprint density at radius 2 is 1.58 bits per heavy atom. The van der Waals surface area contributed by atoms with Crippen molar-refractivity contribution in [1.29, 1.82) is 0 Å². The zero-order valence-corrected chi connectivity index (χ0v) is 32.1. The second kappa shape index (κ2) is 15.5. The van der Waals surface area contributed by atoms with Gasteiger partial charge in [0.2, 0.25) is 11.8 Å². The number of likely N-dealkylation sites (tertiary alicyclic amines) is 1. The standard InChI is InChI=1S/C43H44BrN3O5S/c1-4-22-45(31-18-20-34(21-19-31)52-6-3)40(49)36-37-41(50)47(33(27-48)24-28-12-8-7-9-13-28)39(43(37)26-35(44)38(36)53-43)42(51)46(23-5-2)32-17-16-29-14-10-11-15-30(29)25-32/h4-5,7-21,25,33,35-39,48H,1-2,6,22-24,26-27H2,3H3/t33-,35?,36-,37+,38-,39?,43?/m1/s1. The van der Waals surface area contributed by atoms with E-state index >= 15 is 9.59 Å². The number of rotatable bonds is 14. The van der Waals surface area contributed by atoms with Crippen molar-refractivity contribution in [2.24, 2.45) is 11.8 Å². The van der Waals surface area contributed by atoms with Gasteiger partial charge in [0, 0.05) is 34.5 Å². The summed E-state index contributed by atoms with van der Waals surface area (Å²) in [7, 11) is 0. The molecule has 3 saturated heterocycles. The number of ether oxygens (including phenoxy) is 1. The van der Waals surface area contributed by atoms with Crippen LogP contribution in [0.15, 0.2) is 122 Å². The highest BCUT2D eigenvalue weighted by molar-refractivity contribution is 9.09. The molecule has 0 saturated carbocycles. The fourth-order valence-corrected chi connectivity index (χ4v) is 12.2. The average molecular weight is 795 g/mol. The highest BCUT2D eigenvalue weighted by Crippen LogP contribution is 2.68. The summed E-state index contributed by atoms with van der Waals surface area (Å²) in [4.78, 5) is 50.5. The van der Waals surface area contributed by atoms with Gasteiger partial charge in [0.25, 0.3) is 5.91 Å². The summed E-state index contributed by atoms with van der Waals surface area (Å²) < 4.78 is 4.73. The van der Waals surface area contributed by atoms with Crippen LogP contribution in [0.2, 0.25) is 0 Å². The smallest absolute Gasteiger partial charge is 0.251 e. The minimum atomic E-state index is -0.946. The Kier molecular flexibility index (Phi) is 10.8. The fourth-order valence-electron chi connectivity index (χ4n) is 8.62. The van der Waals surface area contributed by atoms with Crippen molar-refractivity contribution in [3.63, 3.8) is 0 Å². The zero-order chi connectivity index (χ0) is 37.3. The molecule has 3 heterocycles. The summed E-state index contributed by atoms with van der Waals surface area (Å²) in [5, 5.41) is 12.8. The Hall–Kier alpha value is -4.38. The predicted molar refractivity (Wildman–Crippen MR) is 217 cm³/mol. The lowest BCUT2D eigenvalue weighted by Crippen LogP contribution is -2.58. The summed E-state index contributed by atoms with van der Waals surface area (Å²) in [6.07, 6.45) is 4.25. The van der Waals surface area contributed by atoms with Crippen molar-refractivity contribution in [2.45, 2.75) is 46.7 Å². The summed E-state index contributed by atoms with van der Waals surface area (Å²) in [5.74, 6) is -1.52. The Labute approximate surface area is 323 Å². The van der Waals surface area contributed by atoms with Crippen molar-refractivity contribution in [3.8, 4) is 5.75 Å². The number of carbonyl (C=O) groups excluding carboxylic acids is 3. The third kappa shape index (κ3) is 6.59. The molecule has 3 aliphatic rings. The van der Waals surface area contributed by atoms with Crippen LogP contribution in [0, 0.1) is 11.8 Å². The van der Waals surface area contributed by atoms with Crippen LogP contribution in [0.4, 0.5) is 11.4 Å². The number of fused-ring (bicyclic) bond motifs is 2. The maximum Gasteiger partial charge on any atom is 0.251 e. The first kappa shape index (κ1) is 37.0. The third-order valence-electron chi connectivity index (χ3n) is 10.8. The van der Waals surface area contributed by atoms with E-state index in [9.17, 15) is 9.90 Å². The van der Waals surface area contributed by atoms with Crippen molar-refractivity contribution < 1.29 is 24.2 Å². The van der Waals surface area contributed by atoms with Crippen molar-refractivity contribution >= 4 is 67.6 Å².